The summed E-state index contributed by atoms with van der Waals surface area (Å²) in [6, 6.07) is 2.21. The van der Waals surface area contributed by atoms with E-state index < -0.39 is 0 Å². The van der Waals surface area contributed by atoms with Crippen molar-refractivity contribution in [3.05, 3.63) is 38.0 Å². The molecule has 1 atom stereocenters. The Kier molecular flexibility index (Phi) is 4.75. The molecule has 0 saturated carbocycles. The number of hydrogen-bond acceptors (Lipinski definition) is 6. The van der Waals surface area contributed by atoms with E-state index in [1.54, 1.807) is 11.3 Å². The number of aryl methyl sites for hydroxylation is 2. The van der Waals surface area contributed by atoms with Gasteiger partial charge in [0.1, 0.15) is 0 Å². The van der Waals surface area contributed by atoms with Crippen LogP contribution in [0.1, 0.15) is 34.0 Å². The molecule has 0 aliphatic carbocycles. The van der Waals surface area contributed by atoms with Crippen molar-refractivity contribution in [3.8, 4) is 0 Å². The van der Waals surface area contributed by atoms with E-state index in [1.807, 2.05) is 18.3 Å². The number of likely N-dealkylation sites (tertiary alicyclic amines) is 1. The van der Waals surface area contributed by atoms with Gasteiger partial charge in [-0.25, -0.2) is 4.98 Å². The molecular weight excluding hydrogens is 340 g/mol. The van der Waals surface area contributed by atoms with E-state index in [0.29, 0.717) is 12.7 Å². The number of thiophene rings is 1. The number of rotatable bonds is 5. The number of ether oxygens (including phenoxy) is 2. The molecule has 0 aromatic carbocycles. The third-order valence-electron chi connectivity index (χ3n) is 4.94. The first-order valence-corrected chi connectivity index (χ1v) is 10.3. The third kappa shape index (κ3) is 3.58. The lowest BCUT2D eigenvalue weighted by atomic mass is 9.84. The minimum Gasteiger partial charge on any atom is -0.372 e. The summed E-state index contributed by atoms with van der Waals surface area (Å²) >= 11 is 3.55. The van der Waals surface area contributed by atoms with Crippen LogP contribution in [0.3, 0.4) is 0 Å². The molecule has 24 heavy (non-hydrogen) atoms. The first-order chi connectivity index (χ1) is 11.6. The summed E-state index contributed by atoms with van der Waals surface area (Å²) in [6.07, 6.45) is 2.30. The molecule has 2 fully saturated rings. The van der Waals surface area contributed by atoms with Crippen molar-refractivity contribution in [2.24, 2.45) is 0 Å². The number of thiazole rings is 1. The molecule has 0 bridgehead atoms. The molecular formula is C18H24N2O2S2. The van der Waals surface area contributed by atoms with E-state index >= 15 is 0 Å². The predicted octanol–water partition coefficient (Wildman–Crippen LogP) is 3.77. The van der Waals surface area contributed by atoms with Crippen LogP contribution < -0.4 is 0 Å². The lowest BCUT2D eigenvalue weighted by Gasteiger charge is -2.53. The first-order valence-electron chi connectivity index (χ1n) is 8.54. The van der Waals surface area contributed by atoms with Crippen LogP contribution in [-0.2, 0) is 22.6 Å². The van der Waals surface area contributed by atoms with E-state index in [9.17, 15) is 0 Å². The van der Waals surface area contributed by atoms with Gasteiger partial charge in [0.25, 0.3) is 0 Å². The maximum absolute atomic E-state index is 6.14. The van der Waals surface area contributed by atoms with Crippen molar-refractivity contribution in [1.29, 1.82) is 0 Å². The van der Waals surface area contributed by atoms with E-state index in [4.69, 9.17) is 9.47 Å². The van der Waals surface area contributed by atoms with Crippen molar-refractivity contribution in [2.75, 3.05) is 19.7 Å². The normalized spacial score (nSPS) is 23.5. The van der Waals surface area contributed by atoms with Crippen LogP contribution in [0.15, 0.2) is 16.8 Å². The first kappa shape index (κ1) is 16.7. The molecule has 130 valence electrons. The van der Waals surface area contributed by atoms with Crippen LogP contribution in [0.5, 0.6) is 0 Å². The second-order valence-electron chi connectivity index (χ2n) is 6.99. The van der Waals surface area contributed by atoms with Crippen LogP contribution in [-0.4, -0.2) is 41.3 Å². The Labute approximate surface area is 151 Å². The molecule has 2 aromatic rings. The lowest BCUT2D eigenvalue weighted by Crippen LogP contribution is -2.65. The summed E-state index contributed by atoms with van der Waals surface area (Å²) in [6.45, 7) is 8.78. The molecule has 4 nitrogen and oxygen atoms in total. The largest absolute Gasteiger partial charge is 0.372 e. The van der Waals surface area contributed by atoms with E-state index in [-0.39, 0.29) is 5.60 Å². The molecule has 2 saturated heterocycles. The summed E-state index contributed by atoms with van der Waals surface area (Å²) < 4.78 is 12.3. The van der Waals surface area contributed by atoms with E-state index in [0.717, 1.165) is 49.8 Å². The van der Waals surface area contributed by atoms with Gasteiger partial charge in [-0.3, -0.25) is 4.90 Å². The van der Waals surface area contributed by atoms with Gasteiger partial charge in [0.05, 0.1) is 29.0 Å². The fraction of sp³-hybridized carbons (Fsp3) is 0.611. The standard InChI is InChI=1S/C18H24N2O2S2/c1-13-4-6-23-17(13)8-20-11-18(12-20)7-16(3-5-22-18)21-9-15-10-24-14(2)19-15/h4,6,10,16H,3,5,7-9,11-12H2,1-2H3. The van der Waals surface area contributed by atoms with Gasteiger partial charge >= 0.3 is 0 Å². The SMILES string of the molecule is Cc1nc(COC2CCOC3(C2)CN(Cc2sccc2C)C3)cs1. The van der Waals surface area contributed by atoms with Gasteiger partial charge in [-0.1, -0.05) is 0 Å². The Bertz CT molecular complexity index is 691. The number of nitrogens with zero attached hydrogens (tertiary/aromatic N) is 2. The number of aromatic nitrogens is 1. The van der Waals surface area contributed by atoms with Gasteiger partial charge in [0, 0.05) is 42.9 Å². The van der Waals surface area contributed by atoms with Crippen LogP contribution in [0, 0.1) is 13.8 Å². The Morgan fingerprint density at radius 3 is 2.96 bits per heavy atom. The quantitative estimate of drug-likeness (QED) is 0.809. The van der Waals surface area contributed by atoms with Crippen molar-refractivity contribution in [2.45, 2.75) is 51.5 Å². The average Bonchev–Trinajstić information content (AvgIpc) is 3.13. The van der Waals surface area contributed by atoms with Gasteiger partial charge < -0.3 is 9.47 Å². The second kappa shape index (κ2) is 6.84. The summed E-state index contributed by atoms with van der Waals surface area (Å²) in [5, 5.41) is 5.39. The molecule has 4 heterocycles. The summed E-state index contributed by atoms with van der Waals surface area (Å²) in [7, 11) is 0. The molecule has 1 unspecified atom stereocenters. The van der Waals surface area contributed by atoms with Crippen LogP contribution in [0.25, 0.3) is 0 Å². The fourth-order valence-corrected chi connectivity index (χ4v) is 5.22. The lowest BCUT2D eigenvalue weighted by molar-refractivity contribution is -0.200. The van der Waals surface area contributed by atoms with E-state index in [2.05, 4.69) is 33.6 Å². The van der Waals surface area contributed by atoms with Gasteiger partial charge in [-0.05, 0) is 37.3 Å². The molecule has 1 spiro atoms. The molecule has 4 rings (SSSR count). The van der Waals surface area contributed by atoms with Gasteiger partial charge in [0.15, 0.2) is 0 Å². The average molecular weight is 365 g/mol. The third-order valence-corrected chi connectivity index (χ3v) is 6.77. The van der Waals surface area contributed by atoms with Gasteiger partial charge in [-0.2, -0.15) is 0 Å². The highest BCUT2D eigenvalue weighted by molar-refractivity contribution is 7.10. The molecule has 2 aromatic heterocycles. The summed E-state index contributed by atoms with van der Waals surface area (Å²) in [5.41, 5.74) is 2.48. The zero-order valence-electron chi connectivity index (χ0n) is 14.3. The molecule has 0 radical (unpaired) electrons. The zero-order chi connectivity index (χ0) is 16.6. The van der Waals surface area contributed by atoms with Gasteiger partial charge in [0.2, 0.25) is 0 Å². The topological polar surface area (TPSA) is 34.6 Å². The molecule has 2 aliphatic heterocycles. The highest BCUT2D eigenvalue weighted by Crippen LogP contribution is 2.37. The smallest absolute Gasteiger partial charge is 0.0959 e. The molecule has 0 amide bonds. The molecule has 2 aliphatic rings. The molecule has 0 N–H and O–H groups in total. The fourth-order valence-electron chi connectivity index (χ4n) is 3.67. The van der Waals surface area contributed by atoms with Crippen molar-refractivity contribution >= 4 is 22.7 Å². The second-order valence-corrected chi connectivity index (χ2v) is 9.05. The Hall–Kier alpha value is -0.790. The van der Waals surface area contributed by atoms with Gasteiger partial charge in [-0.15, -0.1) is 22.7 Å². The Morgan fingerprint density at radius 1 is 1.38 bits per heavy atom. The summed E-state index contributed by atoms with van der Waals surface area (Å²) in [5.74, 6) is 0. The highest BCUT2D eigenvalue weighted by atomic mass is 32.1. The summed E-state index contributed by atoms with van der Waals surface area (Å²) in [4.78, 5) is 8.45. The zero-order valence-corrected chi connectivity index (χ0v) is 15.9. The Morgan fingerprint density at radius 2 is 2.25 bits per heavy atom. The minimum absolute atomic E-state index is 0.0199. The maximum Gasteiger partial charge on any atom is 0.0959 e. The van der Waals surface area contributed by atoms with Crippen LogP contribution in [0.2, 0.25) is 0 Å². The Balaban J connectivity index is 1.27. The van der Waals surface area contributed by atoms with E-state index in [1.165, 1.54) is 10.4 Å². The predicted molar refractivity (Wildman–Crippen MR) is 97.7 cm³/mol. The van der Waals surface area contributed by atoms with Crippen molar-refractivity contribution in [1.82, 2.24) is 9.88 Å². The van der Waals surface area contributed by atoms with Crippen LogP contribution >= 0.6 is 22.7 Å². The highest BCUT2D eigenvalue weighted by Gasteiger charge is 2.47. The maximum atomic E-state index is 6.14. The van der Waals surface area contributed by atoms with Crippen molar-refractivity contribution < 1.29 is 9.47 Å². The van der Waals surface area contributed by atoms with Crippen LogP contribution in [0.4, 0.5) is 0 Å². The molecule has 6 heteroatoms. The minimum atomic E-state index is 0.0199. The number of hydrogen-bond donors (Lipinski definition) is 0. The van der Waals surface area contributed by atoms with Crippen molar-refractivity contribution in [3.63, 3.8) is 0 Å². The monoisotopic (exact) mass is 364 g/mol.